The lowest BCUT2D eigenvalue weighted by Gasteiger charge is -2.08. The van der Waals surface area contributed by atoms with Gasteiger partial charge in [0.2, 0.25) is 0 Å². The standard InChI is InChI=1S/C19H20N4O2/c1-14-3-6-17(7-4-14)25-13-19(24)21-10-15-5-8-18(20-9-15)16-11-22-23(2)12-16/h3-9,11-12H,10,13H2,1-2H3,(H,21,24). The number of rotatable bonds is 6. The number of pyridine rings is 1. The normalized spacial score (nSPS) is 10.5. The molecule has 0 aliphatic carbocycles. The van der Waals surface area contributed by atoms with Gasteiger partial charge in [-0.3, -0.25) is 14.5 Å². The van der Waals surface area contributed by atoms with Gasteiger partial charge >= 0.3 is 0 Å². The zero-order valence-electron chi connectivity index (χ0n) is 14.3. The van der Waals surface area contributed by atoms with Gasteiger partial charge in [-0.25, -0.2) is 0 Å². The van der Waals surface area contributed by atoms with Crippen molar-refractivity contribution in [2.45, 2.75) is 13.5 Å². The molecular formula is C19H20N4O2. The fourth-order valence-electron chi connectivity index (χ4n) is 2.29. The van der Waals surface area contributed by atoms with Crippen LogP contribution in [0.25, 0.3) is 11.3 Å². The third kappa shape index (κ3) is 4.67. The summed E-state index contributed by atoms with van der Waals surface area (Å²) in [6, 6.07) is 11.5. The Kier molecular flexibility index (Phi) is 5.09. The number of carbonyl (C=O) groups excluding carboxylic acids is 1. The molecule has 6 nitrogen and oxygen atoms in total. The van der Waals surface area contributed by atoms with Crippen molar-refractivity contribution in [2.75, 3.05) is 6.61 Å². The number of carbonyl (C=O) groups is 1. The van der Waals surface area contributed by atoms with E-state index in [9.17, 15) is 4.79 Å². The maximum Gasteiger partial charge on any atom is 0.258 e. The number of nitrogens with one attached hydrogen (secondary N) is 1. The van der Waals surface area contributed by atoms with Gasteiger partial charge < -0.3 is 10.1 Å². The number of aromatic nitrogens is 3. The second kappa shape index (κ2) is 7.61. The molecule has 0 unspecified atom stereocenters. The predicted molar refractivity (Wildman–Crippen MR) is 95.0 cm³/mol. The maximum absolute atomic E-state index is 11.9. The van der Waals surface area contributed by atoms with E-state index in [2.05, 4.69) is 15.4 Å². The van der Waals surface area contributed by atoms with E-state index in [1.807, 2.05) is 56.6 Å². The van der Waals surface area contributed by atoms with Crippen LogP contribution in [0.5, 0.6) is 5.75 Å². The monoisotopic (exact) mass is 336 g/mol. The Balaban J connectivity index is 1.47. The van der Waals surface area contributed by atoms with E-state index in [-0.39, 0.29) is 12.5 Å². The molecule has 0 spiro atoms. The Morgan fingerprint density at radius 2 is 1.96 bits per heavy atom. The topological polar surface area (TPSA) is 69.0 Å². The largest absolute Gasteiger partial charge is 0.484 e. The summed E-state index contributed by atoms with van der Waals surface area (Å²) in [5.74, 6) is 0.514. The highest BCUT2D eigenvalue weighted by Crippen LogP contribution is 2.15. The Morgan fingerprint density at radius 1 is 1.16 bits per heavy atom. The van der Waals surface area contributed by atoms with Crippen LogP contribution in [0.1, 0.15) is 11.1 Å². The molecule has 3 rings (SSSR count). The van der Waals surface area contributed by atoms with Gasteiger partial charge in [0.25, 0.3) is 5.91 Å². The van der Waals surface area contributed by atoms with Crippen LogP contribution < -0.4 is 10.1 Å². The zero-order valence-corrected chi connectivity index (χ0v) is 14.3. The molecule has 1 amide bonds. The Labute approximate surface area is 146 Å². The Hall–Kier alpha value is -3.15. The molecule has 128 valence electrons. The summed E-state index contributed by atoms with van der Waals surface area (Å²) in [7, 11) is 1.87. The van der Waals surface area contributed by atoms with Crippen molar-refractivity contribution < 1.29 is 9.53 Å². The van der Waals surface area contributed by atoms with Crippen LogP contribution in [0, 0.1) is 6.92 Å². The van der Waals surface area contributed by atoms with Crippen LogP contribution in [-0.4, -0.2) is 27.3 Å². The van der Waals surface area contributed by atoms with Gasteiger partial charge in [0.15, 0.2) is 6.61 Å². The molecule has 0 radical (unpaired) electrons. The Morgan fingerprint density at radius 3 is 2.60 bits per heavy atom. The smallest absolute Gasteiger partial charge is 0.258 e. The predicted octanol–water partition coefficient (Wildman–Crippen LogP) is 2.49. The van der Waals surface area contributed by atoms with Gasteiger partial charge in [0.05, 0.1) is 11.9 Å². The highest BCUT2D eigenvalue weighted by Gasteiger charge is 2.05. The second-order valence-corrected chi connectivity index (χ2v) is 5.83. The minimum Gasteiger partial charge on any atom is -0.484 e. The van der Waals surface area contributed by atoms with Crippen LogP contribution >= 0.6 is 0 Å². The quantitative estimate of drug-likeness (QED) is 0.751. The van der Waals surface area contributed by atoms with Crippen LogP contribution in [-0.2, 0) is 18.4 Å². The molecule has 3 aromatic rings. The van der Waals surface area contributed by atoms with Crippen molar-refractivity contribution in [3.63, 3.8) is 0 Å². The summed E-state index contributed by atoms with van der Waals surface area (Å²) in [5, 5.41) is 6.95. The zero-order chi connectivity index (χ0) is 17.6. The maximum atomic E-state index is 11.9. The Bertz CT molecular complexity index is 839. The van der Waals surface area contributed by atoms with Gasteiger partial charge in [-0.2, -0.15) is 5.10 Å². The average Bonchev–Trinajstić information content (AvgIpc) is 3.06. The molecule has 1 aromatic carbocycles. The molecule has 0 aliphatic heterocycles. The second-order valence-electron chi connectivity index (χ2n) is 5.83. The van der Waals surface area contributed by atoms with Crippen molar-refractivity contribution in [2.24, 2.45) is 7.05 Å². The summed E-state index contributed by atoms with van der Waals surface area (Å²) in [6.45, 7) is 2.41. The lowest BCUT2D eigenvalue weighted by Crippen LogP contribution is -2.28. The molecule has 25 heavy (non-hydrogen) atoms. The molecule has 0 bridgehead atoms. The number of amides is 1. The average molecular weight is 336 g/mol. The first kappa shape index (κ1) is 16.7. The van der Waals surface area contributed by atoms with Crippen molar-refractivity contribution >= 4 is 5.91 Å². The lowest BCUT2D eigenvalue weighted by molar-refractivity contribution is -0.123. The lowest BCUT2D eigenvalue weighted by atomic mass is 10.2. The van der Waals surface area contributed by atoms with Gasteiger partial charge in [-0.15, -0.1) is 0 Å². The summed E-state index contributed by atoms with van der Waals surface area (Å²) in [4.78, 5) is 16.3. The summed E-state index contributed by atoms with van der Waals surface area (Å²) in [5.41, 5.74) is 3.89. The number of hydrogen-bond donors (Lipinski definition) is 1. The molecule has 0 atom stereocenters. The van der Waals surface area contributed by atoms with Crippen molar-refractivity contribution in [3.05, 3.63) is 66.1 Å². The van der Waals surface area contributed by atoms with Crippen LogP contribution in [0.2, 0.25) is 0 Å². The molecule has 6 heteroatoms. The van der Waals surface area contributed by atoms with Crippen LogP contribution in [0.4, 0.5) is 0 Å². The van der Waals surface area contributed by atoms with E-state index in [0.717, 1.165) is 22.4 Å². The molecule has 0 saturated heterocycles. The van der Waals surface area contributed by atoms with Gasteiger partial charge in [0.1, 0.15) is 5.75 Å². The number of hydrogen-bond acceptors (Lipinski definition) is 4. The van der Waals surface area contributed by atoms with E-state index in [0.29, 0.717) is 12.3 Å². The van der Waals surface area contributed by atoms with Crippen LogP contribution in [0.3, 0.4) is 0 Å². The molecule has 2 heterocycles. The fraction of sp³-hybridized carbons (Fsp3) is 0.211. The van der Waals surface area contributed by atoms with Crippen molar-refractivity contribution in [3.8, 4) is 17.0 Å². The molecule has 1 N–H and O–H groups in total. The van der Waals surface area contributed by atoms with Gasteiger partial charge in [-0.1, -0.05) is 23.8 Å². The molecule has 2 aromatic heterocycles. The number of benzene rings is 1. The van der Waals surface area contributed by atoms with Gasteiger partial charge in [-0.05, 0) is 30.7 Å². The number of ether oxygens (including phenoxy) is 1. The van der Waals surface area contributed by atoms with E-state index in [1.54, 1.807) is 17.1 Å². The summed E-state index contributed by atoms with van der Waals surface area (Å²) < 4.78 is 7.19. The van der Waals surface area contributed by atoms with Crippen LogP contribution in [0.15, 0.2) is 55.0 Å². The van der Waals surface area contributed by atoms with E-state index >= 15 is 0 Å². The first-order valence-electron chi connectivity index (χ1n) is 8.00. The first-order chi connectivity index (χ1) is 12.1. The molecule has 0 saturated carbocycles. The highest BCUT2D eigenvalue weighted by atomic mass is 16.5. The summed E-state index contributed by atoms with van der Waals surface area (Å²) >= 11 is 0. The fourth-order valence-corrected chi connectivity index (χ4v) is 2.29. The van der Waals surface area contributed by atoms with Crippen molar-refractivity contribution in [1.29, 1.82) is 0 Å². The SMILES string of the molecule is Cc1ccc(OCC(=O)NCc2ccc(-c3cnn(C)c3)nc2)cc1. The molecule has 0 aliphatic rings. The highest BCUT2D eigenvalue weighted by molar-refractivity contribution is 5.77. The molecule has 0 fully saturated rings. The van der Waals surface area contributed by atoms with E-state index in [1.165, 1.54) is 0 Å². The number of nitrogens with zero attached hydrogens (tertiary/aromatic N) is 3. The minimum absolute atomic E-state index is 0.00966. The van der Waals surface area contributed by atoms with E-state index < -0.39 is 0 Å². The van der Waals surface area contributed by atoms with Gasteiger partial charge in [0, 0.05) is 31.5 Å². The van der Waals surface area contributed by atoms with E-state index in [4.69, 9.17) is 4.74 Å². The summed E-state index contributed by atoms with van der Waals surface area (Å²) in [6.07, 6.45) is 5.43. The first-order valence-corrected chi connectivity index (χ1v) is 8.00. The third-order valence-electron chi connectivity index (χ3n) is 3.71. The molecular weight excluding hydrogens is 316 g/mol. The number of aryl methyl sites for hydroxylation is 2. The van der Waals surface area contributed by atoms with Crippen molar-refractivity contribution in [1.82, 2.24) is 20.1 Å². The third-order valence-corrected chi connectivity index (χ3v) is 3.71. The minimum atomic E-state index is -0.170.